The van der Waals surface area contributed by atoms with E-state index in [9.17, 15) is 0 Å². The van der Waals surface area contributed by atoms with Crippen molar-refractivity contribution in [3.8, 4) is 44.5 Å². The van der Waals surface area contributed by atoms with E-state index in [1.807, 2.05) is 0 Å². The first-order valence-corrected chi connectivity index (χ1v) is 30.6. The van der Waals surface area contributed by atoms with Gasteiger partial charge >= 0.3 is 0 Å². The lowest BCUT2D eigenvalue weighted by molar-refractivity contribution is 0.443. The van der Waals surface area contributed by atoms with Gasteiger partial charge in [0, 0.05) is 49.2 Å². The zero-order chi connectivity index (χ0) is 55.3. The van der Waals surface area contributed by atoms with Crippen LogP contribution in [0.4, 0.5) is 28.4 Å². The van der Waals surface area contributed by atoms with Crippen molar-refractivity contribution < 1.29 is 0 Å². The highest BCUT2D eigenvalue weighted by molar-refractivity contribution is 9.10. The van der Waals surface area contributed by atoms with Crippen LogP contribution in [0.15, 0.2) is 247 Å². The molecule has 404 valence electrons. The molecule has 2 saturated carbocycles. The maximum absolute atomic E-state index is 3.67. The molecule has 10 aromatic rings. The highest BCUT2D eigenvalue weighted by atomic mass is 79.9. The van der Waals surface area contributed by atoms with Gasteiger partial charge < -0.3 is 10.2 Å². The molecule has 0 bridgehead atoms. The lowest BCUT2D eigenvalue weighted by Gasteiger charge is -2.30. The predicted octanol–water partition coefficient (Wildman–Crippen LogP) is 23.1. The first-order chi connectivity index (χ1) is 39.6. The fourth-order valence-electron chi connectivity index (χ4n) is 13.7. The molecule has 0 unspecified atom stereocenters. The molecule has 0 radical (unpaired) electrons. The Morgan fingerprint density at radius 1 is 0.358 bits per heavy atom. The molecule has 0 amide bonds. The van der Waals surface area contributed by atoms with E-state index in [-0.39, 0.29) is 10.8 Å². The number of para-hydroxylation sites is 2. The minimum absolute atomic E-state index is 0.0164. The molecule has 0 saturated heterocycles. The van der Waals surface area contributed by atoms with E-state index in [4.69, 9.17) is 0 Å². The fraction of sp³-hybridized carbons (Fsp3) is 0.231. The summed E-state index contributed by atoms with van der Waals surface area (Å²) in [6.45, 7) is 9.37. The van der Waals surface area contributed by atoms with Crippen molar-refractivity contribution in [2.24, 2.45) is 0 Å². The monoisotopic (exact) mass is 1120 g/mol. The van der Waals surface area contributed by atoms with E-state index in [0.29, 0.717) is 5.92 Å². The summed E-state index contributed by atoms with van der Waals surface area (Å²) in [5, 5.41) is 3.67. The van der Waals surface area contributed by atoms with E-state index in [2.05, 4.69) is 296 Å². The molecule has 1 N–H and O–H groups in total. The molecule has 10 aromatic carbocycles. The summed E-state index contributed by atoms with van der Waals surface area (Å²) >= 11 is 3.47. The quantitative estimate of drug-likeness (QED) is 0.155. The molecule has 4 aliphatic carbocycles. The number of hydrogen-bond acceptors (Lipinski definition) is 2. The molecule has 0 spiro atoms. The van der Waals surface area contributed by atoms with Crippen LogP contribution in [0.25, 0.3) is 44.5 Å². The topological polar surface area (TPSA) is 15.3 Å². The fourth-order valence-corrected chi connectivity index (χ4v) is 14.0. The molecule has 4 aliphatic rings. The molecular weight excluding hydrogens is 1040 g/mol. The molecule has 0 aromatic heterocycles. The van der Waals surface area contributed by atoms with Crippen molar-refractivity contribution in [1.29, 1.82) is 0 Å². The van der Waals surface area contributed by atoms with Gasteiger partial charge in [0.05, 0.1) is 5.69 Å². The zero-order valence-corrected chi connectivity index (χ0v) is 49.2. The third-order valence-corrected chi connectivity index (χ3v) is 18.6. The number of hydrogen-bond donors (Lipinski definition) is 1. The Bertz CT molecular complexity index is 3750. The van der Waals surface area contributed by atoms with Crippen LogP contribution in [-0.4, -0.2) is 0 Å². The number of benzene rings is 10. The molecule has 81 heavy (non-hydrogen) atoms. The van der Waals surface area contributed by atoms with E-state index < -0.39 is 0 Å². The maximum Gasteiger partial charge on any atom is 0.0540 e. The van der Waals surface area contributed by atoms with Crippen LogP contribution in [0, 0.1) is 0 Å². The van der Waals surface area contributed by atoms with Gasteiger partial charge in [-0.05, 0) is 165 Å². The van der Waals surface area contributed by atoms with Gasteiger partial charge in [-0.25, -0.2) is 0 Å². The summed E-state index contributed by atoms with van der Waals surface area (Å²) in [6, 6.07) is 88.5. The lowest BCUT2D eigenvalue weighted by Crippen LogP contribution is -2.17. The van der Waals surface area contributed by atoms with Gasteiger partial charge in [0.1, 0.15) is 0 Å². The largest absolute Gasteiger partial charge is 0.355 e. The Kier molecular flexibility index (Phi) is 15.8. The lowest BCUT2D eigenvalue weighted by atomic mass is 9.82. The Morgan fingerprint density at radius 2 is 0.778 bits per heavy atom. The Labute approximate surface area is 491 Å². The number of fused-ring (bicyclic) bond motifs is 6. The first-order valence-electron chi connectivity index (χ1n) is 29.8. The first kappa shape index (κ1) is 53.9. The molecular formula is C78H75BrN2. The van der Waals surface area contributed by atoms with Crippen LogP contribution in [0.1, 0.15) is 137 Å². The number of nitrogens with zero attached hydrogens (tertiary/aromatic N) is 1. The summed E-state index contributed by atoms with van der Waals surface area (Å²) in [4.78, 5) is 2.46. The van der Waals surface area contributed by atoms with Gasteiger partial charge in [0.2, 0.25) is 0 Å². The summed E-state index contributed by atoms with van der Waals surface area (Å²) in [5.41, 5.74) is 24.8. The second kappa shape index (κ2) is 23.8. The molecule has 2 fully saturated rings. The average molecular weight is 1120 g/mol. The number of nitrogens with one attached hydrogen (secondary N) is 1. The van der Waals surface area contributed by atoms with Crippen LogP contribution in [-0.2, 0) is 10.8 Å². The Morgan fingerprint density at radius 3 is 1.35 bits per heavy atom. The highest BCUT2D eigenvalue weighted by Crippen LogP contribution is 2.52. The summed E-state index contributed by atoms with van der Waals surface area (Å²) < 4.78 is 1.19. The number of halogens is 1. The van der Waals surface area contributed by atoms with Crippen molar-refractivity contribution >= 4 is 44.4 Å². The number of rotatable bonds is 9. The SMILES string of the molecule is Brc1ccc(C2CCCCC2)cc1.CC1(C)c2ccccc2-c2ccc(N(c3ccc(C4CCCCC4)cc3)c3ccccc3-c3ccccc3)cc21.CC1(C)c2ccccc2-c2ccc(Nc3ccccc3-c3ccccc3)cc21. The van der Waals surface area contributed by atoms with E-state index in [0.717, 1.165) is 17.3 Å². The van der Waals surface area contributed by atoms with E-state index in [1.165, 1.54) is 164 Å². The van der Waals surface area contributed by atoms with Crippen LogP contribution in [0.2, 0.25) is 0 Å². The van der Waals surface area contributed by atoms with Crippen molar-refractivity contribution in [3.63, 3.8) is 0 Å². The van der Waals surface area contributed by atoms with Gasteiger partial charge in [-0.1, -0.05) is 264 Å². The zero-order valence-electron chi connectivity index (χ0n) is 47.6. The minimum Gasteiger partial charge on any atom is -0.355 e. The van der Waals surface area contributed by atoms with Crippen molar-refractivity contribution in [3.05, 3.63) is 281 Å². The van der Waals surface area contributed by atoms with Crippen molar-refractivity contribution in [2.45, 2.75) is 115 Å². The van der Waals surface area contributed by atoms with E-state index >= 15 is 0 Å². The molecule has 0 atom stereocenters. The third kappa shape index (κ3) is 11.2. The van der Waals surface area contributed by atoms with Crippen molar-refractivity contribution in [2.75, 3.05) is 10.2 Å². The molecule has 2 nitrogen and oxygen atoms in total. The number of anilines is 5. The average Bonchev–Trinajstić information content (AvgIpc) is 3.93. The molecule has 14 rings (SSSR count). The maximum atomic E-state index is 3.67. The highest BCUT2D eigenvalue weighted by Gasteiger charge is 2.37. The summed E-state index contributed by atoms with van der Waals surface area (Å²) in [6.07, 6.45) is 13.8. The smallest absolute Gasteiger partial charge is 0.0540 e. The molecule has 0 heterocycles. The summed E-state index contributed by atoms with van der Waals surface area (Å²) in [7, 11) is 0. The molecule has 0 aliphatic heterocycles. The van der Waals surface area contributed by atoms with Crippen LogP contribution < -0.4 is 10.2 Å². The third-order valence-electron chi connectivity index (χ3n) is 18.1. The predicted molar refractivity (Wildman–Crippen MR) is 349 cm³/mol. The van der Waals surface area contributed by atoms with Crippen LogP contribution >= 0.6 is 15.9 Å². The second-order valence-corrected chi connectivity index (χ2v) is 24.8. The van der Waals surface area contributed by atoms with Gasteiger partial charge in [-0.2, -0.15) is 0 Å². The van der Waals surface area contributed by atoms with Gasteiger partial charge in [0.25, 0.3) is 0 Å². The van der Waals surface area contributed by atoms with Gasteiger partial charge in [-0.3, -0.25) is 0 Å². The molecule has 3 heteroatoms. The van der Waals surface area contributed by atoms with Crippen molar-refractivity contribution in [1.82, 2.24) is 0 Å². The van der Waals surface area contributed by atoms with Crippen LogP contribution in [0.3, 0.4) is 0 Å². The summed E-state index contributed by atoms with van der Waals surface area (Å²) in [5.74, 6) is 1.54. The second-order valence-electron chi connectivity index (χ2n) is 23.9. The van der Waals surface area contributed by atoms with Gasteiger partial charge in [-0.15, -0.1) is 0 Å². The normalized spacial score (nSPS) is 15.6. The minimum atomic E-state index is -0.0443. The van der Waals surface area contributed by atoms with Crippen LogP contribution in [0.5, 0.6) is 0 Å². The standard InChI is InChI=1S/C39H37N.C27H23N.C12H15Br/c1-39(2)36-19-11-9-18-34(36)35-26-25-32(27-37(35)39)40(31-23-21-29(22-24-31)28-13-5-3-6-14-28)38-20-12-10-17-33(38)30-15-7-4-8-16-30;1-27(2)24-14-8-6-13-22(24)23-17-16-20(18-25(23)27)28-26-15-9-7-12-21(26)19-10-4-3-5-11-19;13-12-8-6-11(7-9-12)10-4-2-1-3-5-10/h4,7-12,15-28H,3,5-6,13-14H2,1-2H3;3-18,28H,1-2H3;6-10H,1-5H2. The Balaban J connectivity index is 0.000000137. The van der Waals surface area contributed by atoms with Gasteiger partial charge in [0.15, 0.2) is 0 Å². The Hall–Kier alpha value is -7.72. The van der Waals surface area contributed by atoms with E-state index in [1.54, 1.807) is 0 Å².